The van der Waals surface area contributed by atoms with E-state index in [1.165, 1.54) is 16.7 Å². The van der Waals surface area contributed by atoms with Gasteiger partial charge in [-0.1, -0.05) is 6.07 Å². The Morgan fingerprint density at radius 2 is 1.90 bits per heavy atom. The number of fused-ring (bicyclic) bond motifs is 2. The number of benzene rings is 1. The lowest BCUT2D eigenvalue weighted by Gasteiger charge is -2.28. The molecule has 2 aromatic rings. The van der Waals surface area contributed by atoms with Crippen molar-refractivity contribution in [2.75, 3.05) is 32.8 Å². The van der Waals surface area contributed by atoms with E-state index in [2.05, 4.69) is 22.0 Å². The van der Waals surface area contributed by atoms with Crippen LogP contribution in [-0.2, 0) is 33.7 Å². The highest BCUT2D eigenvalue weighted by Gasteiger charge is 2.27. The second-order valence-corrected chi connectivity index (χ2v) is 7.91. The predicted octanol–water partition coefficient (Wildman–Crippen LogP) is 2.17. The molecule has 150 valence electrons. The summed E-state index contributed by atoms with van der Waals surface area (Å²) >= 11 is 0. The van der Waals surface area contributed by atoms with Crippen molar-refractivity contribution in [1.82, 2.24) is 9.88 Å². The van der Waals surface area contributed by atoms with Crippen molar-refractivity contribution in [1.29, 1.82) is 0 Å². The average molecular weight is 391 g/mol. The first kappa shape index (κ1) is 18.5. The van der Waals surface area contributed by atoms with Crippen molar-refractivity contribution in [2.24, 2.45) is 4.99 Å². The van der Waals surface area contributed by atoms with Crippen molar-refractivity contribution in [3.05, 3.63) is 64.5 Å². The maximum absolute atomic E-state index is 12.4. The zero-order valence-electron chi connectivity index (χ0n) is 16.5. The molecule has 0 spiro atoms. The van der Waals surface area contributed by atoms with E-state index in [4.69, 9.17) is 14.5 Å². The molecule has 1 saturated heterocycles. The largest absolute Gasteiger partial charge is 0.462 e. The molecule has 0 saturated carbocycles. The summed E-state index contributed by atoms with van der Waals surface area (Å²) in [4.78, 5) is 23.7. The van der Waals surface area contributed by atoms with Gasteiger partial charge in [-0.3, -0.25) is 19.7 Å². The molecule has 1 aromatic heterocycles. The summed E-state index contributed by atoms with van der Waals surface area (Å²) in [6.07, 6.45) is 5.49. The molecular formula is C23H25N3O3. The molecule has 4 heterocycles. The molecule has 29 heavy (non-hydrogen) atoms. The lowest BCUT2D eigenvalue weighted by atomic mass is 9.91. The Morgan fingerprint density at radius 1 is 1.07 bits per heavy atom. The van der Waals surface area contributed by atoms with Gasteiger partial charge in [0.15, 0.2) is 0 Å². The number of morpholine rings is 1. The zero-order chi connectivity index (χ0) is 19.6. The minimum atomic E-state index is -0.121. The maximum Gasteiger partial charge on any atom is 0.310 e. The Labute approximate surface area is 170 Å². The van der Waals surface area contributed by atoms with E-state index in [1.807, 2.05) is 12.1 Å². The van der Waals surface area contributed by atoms with Crippen molar-refractivity contribution in [3.8, 4) is 0 Å². The number of hydrogen-bond donors (Lipinski definition) is 0. The Hall–Kier alpha value is -2.57. The Balaban J connectivity index is 1.37. The number of aromatic nitrogens is 1. The van der Waals surface area contributed by atoms with Crippen LogP contribution in [0.5, 0.6) is 0 Å². The van der Waals surface area contributed by atoms with Crippen LogP contribution in [0.25, 0.3) is 0 Å². The second-order valence-electron chi connectivity index (χ2n) is 7.91. The Bertz CT molecular complexity index is 936. The Kier molecular flexibility index (Phi) is 5.12. The summed E-state index contributed by atoms with van der Waals surface area (Å²) in [5.74, 6) is -0.121. The van der Waals surface area contributed by atoms with Crippen molar-refractivity contribution >= 4 is 11.7 Å². The normalized spacial score (nSPS) is 21.7. The molecule has 6 heteroatoms. The third-order valence-corrected chi connectivity index (χ3v) is 5.99. The molecule has 3 aliphatic heterocycles. The standard InChI is InChI=1S/C23H25N3O3/c27-22-14-17-11-19-15-25-23(16-1-4-24-5-2-16)21(19)13-18(17)12-20(29-22)3-6-26-7-9-28-10-8-26/h1-2,4-5,11,13,20H,3,6-10,12,14-15H2. The number of carbonyl (C=O) groups excluding carboxylic acids is 1. The molecule has 1 atom stereocenters. The minimum absolute atomic E-state index is 0.0765. The monoisotopic (exact) mass is 391 g/mol. The fourth-order valence-corrected chi connectivity index (χ4v) is 4.43. The van der Waals surface area contributed by atoms with Crippen LogP contribution in [0, 0.1) is 0 Å². The van der Waals surface area contributed by atoms with Gasteiger partial charge in [-0.15, -0.1) is 0 Å². The first-order valence-corrected chi connectivity index (χ1v) is 10.4. The predicted molar refractivity (Wildman–Crippen MR) is 109 cm³/mol. The average Bonchev–Trinajstić information content (AvgIpc) is 3.08. The van der Waals surface area contributed by atoms with Crippen LogP contribution in [-0.4, -0.2) is 60.5 Å². The highest BCUT2D eigenvalue weighted by Crippen LogP contribution is 2.30. The molecule has 1 aromatic carbocycles. The number of ether oxygens (including phenoxy) is 2. The van der Waals surface area contributed by atoms with Gasteiger partial charge < -0.3 is 9.47 Å². The van der Waals surface area contributed by atoms with E-state index in [0.717, 1.165) is 62.5 Å². The molecule has 6 nitrogen and oxygen atoms in total. The number of cyclic esters (lactones) is 1. The number of nitrogens with zero attached hydrogens (tertiary/aromatic N) is 3. The molecule has 0 amide bonds. The summed E-state index contributed by atoms with van der Waals surface area (Å²) in [6, 6.07) is 8.39. The van der Waals surface area contributed by atoms with Crippen LogP contribution in [0.1, 0.15) is 34.2 Å². The lowest BCUT2D eigenvalue weighted by Crippen LogP contribution is -2.38. The SMILES string of the molecule is O=C1Cc2cc3c(cc2CC(CCN2CCOCC2)O1)C(c1ccncc1)=NC3. The van der Waals surface area contributed by atoms with Gasteiger partial charge in [-0.25, -0.2) is 0 Å². The minimum Gasteiger partial charge on any atom is -0.462 e. The summed E-state index contributed by atoms with van der Waals surface area (Å²) in [7, 11) is 0. The highest BCUT2D eigenvalue weighted by molar-refractivity contribution is 6.15. The molecule has 0 aliphatic carbocycles. The first-order valence-electron chi connectivity index (χ1n) is 10.4. The van der Waals surface area contributed by atoms with Gasteiger partial charge in [0.1, 0.15) is 6.10 Å². The van der Waals surface area contributed by atoms with Crippen LogP contribution in [0.15, 0.2) is 41.7 Å². The van der Waals surface area contributed by atoms with Gasteiger partial charge >= 0.3 is 5.97 Å². The summed E-state index contributed by atoms with van der Waals surface area (Å²) in [5.41, 5.74) is 6.78. The van der Waals surface area contributed by atoms with Gasteiger partial charge in [0.25, 0.3) is 0 Å². The van der Waals surface area contributed by atoms with Crippen LogP contribution < -0.4 is 0 Å². The molecule has 5 rings (SSSR count). The Morgan fingerprint density at radius 3 is 2.72 bits per heavy atom. The molecule has 0 N–H and O–H groups in total. The number of pyridine rings is 1. The van der Waals surface area contributed by atoms with E-state index >= 15 is 0 Å². The van der Waals surface area contributed by atoms with Crippen LogP contribution in [0.4, 0.5) is 0 Å². The second kappa shape index (κ2) is 8.05. The van der Waals surface area contributed by atoms with Gasteiger partial charge in [0, 0.05) is 49.6 Å². The van der Waals surface area contributed by atoms with E-state index in [-0.39, 0.29) is 12.1 Å². The zero-order valence-corrected chi connectivity index (χ0v) is 16.5. The molecule has 1 unspecified atom stereocenters. The van der Waals surface area contributed by atoms with Crippen LogP contribution in [0.3, 0.4) is 0 Å². The van der Waals surface area contributed by atoms with Gasteiger partial charge in [0.2, 0.25) is 0 Å². The van der Waals surface area contributed by atoms with E-state index < -0.39 is 0 Å². The topological polar surface area (TPSA) is 64.0 Å². The van der Waals surface area contributed by atoms with Crippen molar-refractivity contribution in [2.45, 2.75) is 31.9 Å². The molecule has 3 aliphatic rings. The van der Waals surface area contributed by atoms with Gasteiger partial charge in [-0.05, 0) is 41.3 Å². The molecule has 0 radical (unpaired) electrons. The van der Waals surface area contributed by atoms with Gasteiger partial charge in [0.05, 0.1) is 31.9 Å². The first-order chi connectivity index (χ1) is 14.3. The van der Waals surface area contributed by atoms with Crippen molar-refractivity contribution in [3.63, 3.8) is 0 Å². The smallest absolute Gasteiger partial charge is 0.310 e. The summed E-state index contributed by atoms with van der Waals surface area (Å²) < 4.78 is 11.2. The van der Waals surface area contributed by atoms with E-state index in [9.17, 15) is 4.79 Å². The third-order valence-electron chi connectivity index (χ3n) is 5.99. The molecule has 0 bridgehead atoms. The van der Waals surface area contributed by atoms with Crippen LogP contribution >= 0.6 is 0 Å². The number of esters is 1. The molecule has 1 fully saturated rings. The fraction of sp³-hybridized carbons (Fsp3) is 0.435. The summed E-state index contributed by atoms with van der Waals surface area (Å²) in [5, 5.41) is 0. The fourth-order valence-electron chi connectivity index (χ4n) is 4.43. The number of hydrogen-bond acceptors (Lipinski definition) is 6. The van der Waals surface area contributed by atoms with Gasteiger partial charge in [-0.2, -0.15) is 0 Å². The molecular weight excluding hydrogens is 366 g/mol. The number of carbonyl (C=O) groups is 1. The number of rotatable bonds is 4. The third kappa shape index (κ3) is 3.95. The van der Waals surface area contributed by atoms with E-state index in [1.54, 1.807) is 12.4 Å². The number of aliphatic imine (C=N–C) groups is 1. The highest BCUT2D eigenvalue weighted by atomic mass is 16.5. The van der Waals surface area contributed by atoms with Crippen molar-refractivity contribution < 1.29 is 14.3 Å². The summed E-state index contributed by atoms with van der Waals surface area (Å²) in [6.45, 7) is 5.08. The lowest BCUT2D eigenvalue weighted by molar-refractivity contribution is -0.148. The quantitative estimate of drug-likeness (QED) is 0.748. The van der Waals surface area contributed by atoms with Crippen LogP contribution in [0.2, 0.25) is 0 Å². The van der Waals surface area contributed by atoms with E-state index in [0.29, 0.717) is 13.0 Å². The maximum atomic E-state index is 12.4.